The number of nitro benzene ring substituents is 1. The fraction of sp³-hybridized carbons (Fsp3) is 0. The Kier molecular flexibility index (Phi) is 3.01. The molecule has 2 aromatic rings. The lowest BCUT2D eigenvalue weighted by molar-refractivity contribution is -0.384. The number of hydrogen-bond donors (Lipinski definition) is 1. The Morgan fingerprint density at radius 1 is 1.39 bits per heavy atom. The fourth-order valence-corrected chi connectivity index (χ4v) is 3.62. The van der Waals surface area contributed by atoms with Crippen LogP contribution in [0.25, 0.3) is 0 Å². The van der Waals surface area contributed by atoms with E-state index in [9.17, 15) is 18.5 Å². The van der Waals surface area contributed by atoms with Crippen molar-refractivity contribution in [3.8, 4) is 0 Å². The van der Waals surface area contributed by atoms with Crippen LogP contribution in [0.5, 0.6) is 0 Å². The number of nitro groups is 1. The molecule has 0 amide bonds. The predicted octanol–water partition coefficient (Wildman–Crippen LogP) is 1.47. The van der Waals surface area contributed by atoms with Gasteiger partial charge in [-0.1, -0.05) is 0 Å². The number of non-ortho nitro benzene ring substituents is 1. The summed E-state index contributed by atoms with van der Waals surface area (Å²) in [6.45, 7) is 0. The summed E-state index contributed by atoms with van der Waals surface area (Å²) in [4.78, 5) is 13.4. The first kappa shape index (κ1) is 12.5. The minimum atomic E-state index is -3.76. The monoisotopic (exact) mass is 285 g/mol. The molecule has 0 fully saturated rings. The highest BCUT2D eigenvalue weighted by Crippen LogP contribution is 2.30. The summed E-state index contributed by atoms with van der Waals surface area (Å²) >= 11 is 0.955. The van der Waals surface area contributed by atoms with Crippen molar-refractivity contribution in [1.82, 2.24) is 4.98 Å². The van der Waals surface area contributed by atoms with Gasteiger partial charge in [0.25, 0.3) is 5.69 Å². The summed E-state index contributed by atoms with van der Waals surface area (Å²) in [5.74, 6) is 0. The second-order valence-electron chi connectivity index (χ2n) is 3.30. The van der Waals surface area contributed by atoms with Crippen LogP contribution in [-0.2, 0) is 9.84 Å². The smallest absolute Gasteiger partial charge is 0.271 e. The first-order valence-corrected chi connectivity index (χ1v) is 6.96. The molecule has 9 heteroatoms. The lowest BCUT2D eigenvalue weighted by Crippen LogP contribution is -2.04. The van der Waals surface area contributed by atoms with Gasteiger partial charge in [-0.15, -0.1) is 11.3 Å². The molecule has 0 atom stereocenters. The van der Waals surface area contributed by atoms with E-state index in [4.69, 9.17) is 5.73 Å². The van der Waals surface area contributed by atoms with Crippen molar-refractivity contribution in [1.29, 1.82) is 0 Å². The maximum atomic E-state index is 12.1. The number of aromatic nitrogens is 1. The average molecular weight is 285 g/mol. The van der Waals surface area contributed by atoms with E-state index in [-0.39, 0.29) is 20.5 Å². The molecule has 94 valence electrons. The molecule has 0 aliphatic rings. The quantitative estimate of drug-likeness (QED) is 0.518. The molecule has 0 unspecified atom stereocenters. The van der Waals surface area contributed by atoms with Crippen LogP contribution in [0.2, 0.25) is 0 Å². The molecule has 2 rings (SSSR count). The highest BCUT2D eigenvalue weighted by Gasteiger charge is 2.23. The fourth-order valence-electron chi connectivity index (χ4n) is 1.34. The summed E-state index contributed by atoms with van der Waals surface area (Å²) < 4.78 is 24.3. The minimum Gasteiger partial charge on any atom is -0.397 e. The van der Waals surface area contributed by atoms with Crippen molar-refractivity contribution in [2.45, 2.75) is 9.10 Å². The first-order chi connectivity index (χ1) is 8.43. The zero-order valence-corrected chi connectivity index (χ0v) is 10.4. The van der Waals surface area contributed by atoms with Gasteiger partial charge in [-0.2, -0.15) is 0 Å². The molecule has 0 saturated heterocycles. The van der Waals surface area contributed by atoms with Crippen molar-refractivity contribution >= 4 is 32.5 Å². The predicted molar refractivity (Wildman–Crippen MR) is 65.1 cm³/mol. The Bertz CT molecular complexity index is 695. The Balaban J connectivity index is 2.57. The molecule has 1 aromatic carbocycles. The Morgan fingerprint density at radius 3 is 2.61 bits per heavy atom. The highest BCUT2D eigenvalue weighted by atomic mass is 32.2. The van der Waals surface area contributed by atoms with Gasteiger partial charge in [0.2, 0.25) is 9.84 Å². The Morgan fingerprint density at radius 2 is 2.11 bits per heavy atom. The molecule has 0 aliphatic carbocycles. The van der Waals surface area contributed by atoms with Gasteiger partial charge in [-0.3, -0.25) is 15.1 Å². The largest absolute Gasteiger partial charge is 0.397 e. The Hall–Kier alpha value is -2.00. The molecule has 0 aliphatic heterocycles. The highest BCUT2D eigenvalue weighted by molar-refractivity contribution is 7.93. The molecular formula is C9H7N3O4S2. The van der Waals surface area contributed by atoms with Gasteiger partial charge in [0, 0.05) is 12.1 Å². The number of nitrogen functional groups attached to an aromatic ring is 1. The Labute approximate surface area is 106 Å². The van der Waals surface area contributed by atoms with E-state index >= 15 is 0 Å². The third-order valence-electron chi connectivity index (χ3n) is 2.17. The zero-order chi connectivity index (χ0) is 13.3. The van der Waals surface area contributed by atoms with Crippen LogP contribution in [0.4, 0.5) is 11.4 Å². The van der Waals surface area contributed by atoms with Gasteiger partial charge in [0.05, 0.1) is 27.2 Å². The van der Waals surface area contributed by atoms with Crippen LogP contribution in [0, 0.1) is 10.1 Å². The molecule has 7 nitrogen and oxygen atoms in total. The van der Waals surface area contributed by atoms with E-state index in [1.54, 1.807) is 0 Å². The average Bonchev–Trinajstić information content (AvgIpc) is 2.82. The van der Waals surface area contributed by atoms with Gasteiger partial charge >= 0.3 is 0 Å². The van der Waals surface area contributed by atoms with Gasteiger partial charge in [-0.05, 0) is 6.07 Å². The van der Waals surface area contributed by atoms with Crippen LogP contribution in [0.1, 0.15) is 0 Å². The van der Waals surface area contributed by atoms with E-state index in [1.165, 1.54) is 11.7 Å². The number of rotatable bonds is 3. The molecule has 0 spiro atoms. The van der Waals surface area contributed by atoms with Gasteiger partial charge in [-0.25, -0.2) is 8.42 Å². The van der Waals surface area contributed by atoms with Gasteiger partial charge in [0.15, 0.2) is 0 Å². The maximum Gasteiger partial charge on any atom is 0.271 e. The molecule has 0 radical (unpaired) electrons. The van der Waals surface area contributed by atoms with E-state index in [1.807, 2.05) is 0 Å². The van der Waals surface area contributed by atoms with E-state index in [0.717, 1.165) is 29.5 Å². The minimum absolute atomic E-state index is 0.0445. The number of nitrogens with zero attached hydrogens (tertiary/aromatic N) is 2. The van der Waals surface area contributed by atoms with Gasteiger partial charge in [0.1, 0.15) is 4.21 Å². The number of hydrogen-bond acceptors (Lipinski definition) is 7. The number of sulfone groups is 1. The van der Waals surface area contributed by atoms with Crippen LogP contribution < -0.4 is 5.73 Å². The topological polar surface area (TPSA) is 116 Å². The SMILES string of the molecule is Nc1cc([N+](=O)[O-])ccc1S(=O)(=O)c1cncs1. The normalized spacial score (nSPS) is 11.3. The number of thiazole rings is 1. The van der Waals surface area contributed by atoms with Crippen molar-refractivity contribution in [2.24, 2.45) is 0 Å². The van der Waals surface area contributed by atoms with Crippen molar-refractivity contribution < 1.29 is 13.3 Å². The number of benzene rings is 1. The molecule has 1 aromatic heterocycles. The molecule has 1 heterocycles. The van der Waals surface area contributed by atoms with Gasteiger partial charge < -0.3 is 5.73 Å². The first-order valence-electron chi connectivity index (χ1n) is 4.60. The van der Waals surface area contributed by atoms with Crippen LogP contribution >= 0.6 is 11.3 Å². The second kappa shape index (κ2) is 4.35. The summed E-state index contributed by atoms with van der Waals surface area (Å²) in [6, 6.07) is 3.25. The lowest BCUT2D eigenvalue weighted by atomic mass is 10.3. The summed E-state index contributed by atoms with van der Waals surface area (Å²) in [5.41, 5.74) is 6.53. The zero-order valence-electron chi connectivity index (χ0n) is 8.81. The number of nitrogens with two attached hydrogens (primary N) is 1. The van der Waals surface area contributed by atoms with Crippen molar-refractivity contribution in [2.75, 3.05) is 5.73 Å². The molecule has 0 saturated carbocycles. The van der Waals surface area contributed by atoms with E-state index in [0.29, 0.717) is 0 Å². The summed E-state index contributed by atoms with van der Waals surface area (Å²) in [5, 5.41) is 10.5. The molecule has 18 heavy (non-hydrogen) atoms. The van der Waals surface area contributed by atoms with E-state index in [2.05, 4.69) is 4.98 Å². The van der Waals surface area contributed by atoms with Crippen LogP contribution in [-0.4, -0.2) is 18.3 Å². The molecular weight excluding hydrogens is 278 g/mol. The third kappa shape index (κ3) is 2.05. The van der Waals surface area contributed by atoms with Crippen molar-refractivity contribution in [3.05, 3.63) is 40.0 Å². The molecule has 2 N–H and O–H groups in total. The van der Waals surface area contributed by atoms with Crippen LogP contribution in [0.3, 0.4) is 0 Å². The number of anilines is 1. The summed E-state index contributed by atoms with van der Waals surface area (Å²) in [6.07, 6.45) is 1.21. The molecule has 0 bridgehead atoms. The van der Waals surface area contributed by atoms with Crippen molar-refractivity contribution in [3.63, 3.8) is 0 Å². The van der Waals surface area contributed by atoms with Crippen LogP contribution in [0.15, 0.2) is 39.0 Å². The maximum absolute atomic E-state index is 12.1. The second-order valence-corrected chi connectivity index (χ2v) is 6.33. The summed E-state index contributed by atoms with van der Waals surface area (Å²) in [7, 11) is -3.76. The third-order valence-corrected chi connectivity index (χ3v) is 5.27. The standard InChI is InChI=1S/C9H7N3O4S2/c10-7-3-6(12(13)14)1-2-8(7)18(15,16)9-4-11-5-17-9/h1-5H,10H2. The lowest BCUT2D eigenvalue weighted by Gasteiger charge is -2.04. The van der Waals surface area contributed by atoms with E-state index < -0.39 is 14.8 Å².